The van der Waals surface area contributed by atoms with Crippen LogP contribution in [0.4, 0.5) is 23.3 Å². The Balaban J connectivity index is 1.65. The first-order valence-corrected chi connectivity index (χ1v) is 14.1. The Kier molecular flexibility index (Phi) is 7.97. The van der Waals surface area contributed by atoms with Crippen LogP contribution >= 0.6 is 23.2 Å². The molecule has 0 fully saturated rings. The SMILES string of the molecule is O=S(=O)(O)c1ccccc1C=Cc1ccc(Nc2nc(Cl)nc(Nc3ccccc3Cl)n2)cc1S(=O)(=O)O. The highest BCUT2D eigenvalue weighted by Crippen LogP contribution is 2.27. The summed E-state index contributed by atoms with van der Waals surface area (Å²) >= 11 is 12.2. The fourth-order valence-electron chi connectivity index (χ4n) is 3.28. The molecule has 0 saturated carbocycles. The molecule has 4 aromatic rings. The summed E-state index contributed by atoms with van der Waals surface area (Å²) in [5.41, 5.74) is 0.844. The van der Waals surface area contributed by atoms with E-state index in [0.29, 0.717) is 10.7 Å². The predicted molar refractivity (Wildman–Crippen MR) is 144 cm³/mol. The molecule has 15 heteroatoms. The molecule has 0 aliphatic heterocycles. The van der Waals surface area contributed by atoms with Gasteiger partial charge in [-0.2, -0.15) is 31.8 Å². The maximum absolute atomic E-state index is 12.1. The summed E-state index contributed by atoms with van der Waals surface area (Å²) in [5, 5.41) is 5.96. The Hall–Kier alpha value is -3.59. The lowest BCUT2D eigenvalue weighted by atomic mass is 10.1. The Morgan fingerprint density at radius 3 is 1.92 bits per heavy atom. The zero-order valence-electron chi connectivity index (χ0n) is 18.9. The lowest BCUT2D eigenvalue weighted by Crippen LogP contribution is -2.06. The van der Waals surface area contributed by atoms with E-state index in [2.05, 4.69) is 25.6 Å². The third-order valence-corrected chi connectivity index (χ3v) is 7.25. The second-order valence-corrected chi connectivity index (χ2v) is 11.1. The smallest absolute Gasteiger partial charge is 0.295 e. The molecular weight excluding hydrogens is 577 g/mol. The summed E-state index contributed by atoms with van der Waals surface area (Å²) in [7, 11) is -9.24. The lowest BCUT2D eigenvalue weighted by Gasteiger charge is -2.11. The maximum atomic E-state index is 12.1. The van der Waals surface area contributed by atoms with Crippen molar-refractivity contribution in [3.05, 3.63) is 88.2 Å². The van der Waals surface area contributed by atoms with Gasteiger partial charge in [-0.3, -0.25) is 9.11 Å². The molecule has 0 unspecified atom stereocenters. The molecule has 0 amide bonds. The van der Waals surface area contributed by atoms with Gasteiger partial charge in [-0.05, 0) is 53.1 Å². The zero-order chi connectivity index (χ0) is 27.5. The topological polar surface area (TPSA) is 171 Å². The summed E-state index contributed by atoms with van der Waals surface area (Å²) in [6.45, 7) is 0. The third-order valence-electron chi connectivity index (χ3n) is 4.92. The quantitative estimate of drug-likeness (QED) is 0.153. The van der Waals surface area contributed by atoms with E-state index in [9.17, 15) is 25.9 Å². The van der Waals surface area contributed by atoms with Gasteiger partial charge in [-0.1, -0.05) is 60.2 Å². The number of anilines is 4. The minimum Gasteiger partial charge on any atom is -0.324 e. The fourth-order valence-corrected chi connectivity index (χ4v) is 5.02. The largest absolute Gasteiger partial charge is 0.324 e. The van der Waals surface area contributed by atoms with Crippen molar-refractivity contribution in [3.63, 3.8) is 0 Å². The Morgan fingerprint density at radius 2 is 1.26 bits per heavy atom. The van der Waals surface area contributed by atoms with Crippen LogP contribution in [0.3, 0.4) is 0 Å². The number of halogens is 2. The molecular formula is C23H17Cl2N5O6S2. The summed E-state index contributed by atoms with van der Waals surface area (Å²) in [6.07, 6.45) is 2.57. The number of para-hydroxylation sites is 1. The molecule has 3 aromatic carbocycles. The zero-order valence-corrected chi connectivity index (χ0v) is 22.1. The van der Waals surface area contributed by atoms with Crippen LogP contribution in [0.2, 0.25) is 10.3 Å². The van der Waals surface area contributed by atoms with Crippen molar-refractivity contribution in [1.29, 1.82) is 0 Å². The molecule has 1 heterocycles. The second-order valence-electron chi connectivity index (χ2n) is 7.56. The normalized spacial score (nSPS) is 12.0. The number of hydrogen-bond donors (Lipinski definition) is 4. The first-order valence-electron chi connectivity index (χ1n) is 10.5. The van der Waals surface area contributed by atoms with Crippen LogP contribution in [0.1, 0.15) is 11.1 Å². The van der Waals surface area contributed by atoms with Crippen molar-refractivity contribution < 1.29 is 25.9 Å². The molecule has 0 radical (unpaired) electrons. The highest BCUT2D eigenvalue weighted by atomic mass is 35.5. The van der Waals surface area contributed by atoms with Gasteiger partial charge in [0.25, 0.3) is 20.2 Å². The van der Waals surface area contributed by atoms with Gasteiger partial charge < -0.3 is 10.6 Å². The van der Waals surface area contributed by atoms with Crippen molar-refractivity contribution in [3.8, 4) is 0 Å². The van der Waals surface area contributed by atoms with E-state index in [-0.39, 0.29) is 38.9 Å². The van der Waals surface area contributed by atoms with Gasteiger partial charge in [-0.15, -0.1) is 0 Å². The summed E-state index contributed by atoms with van der Waals surface area (Å²) < 4.78 is 66.7. The average Bonchev–Trinajstić information content (AvgIpc) is 2.83. The number of rotatable bonds is 8. The molecule has 0 aliphatic rings. The van der Waals surface area contributed by atoms with Crippen LogP contribution in [0.5, 0.6) is 0 Å². The Labute approximate surface area is 227 Å². The van der Waals surface area contributed by atoms with Crippen LogP contribution in [-0.2, 0) is 20.2 Å². The molecule has 0 spiro atoms. The predicted octanol–water partition coefficient (Wildman–Crippen LogP) is 5.33. The Morgan fingerprint density at radius 1 is 0.684 bits per heavy atom. The molecule has 4 N–H and O–H groups in total. The van der Waals surface area contributed by atoms with Gasteiger partial charge in [0, 0.05) is 5.69 Å². The summed E-state index contributed by atoms with van der Waals surface area (Å²) in [4.78, 5) is 11.3. The van der Waals surface area contributed by atoms with Gasteiger partial charge in [0.1, 0.15) is 9.79 Å². The van der Waals surface area contributed by atoms with Gasteiger partial charge in [-0.25, -0.2) is 0 Å². The van der Waals surface area contributed by atoms with Crippen molar-refractivity contribution in [2.45, 2.75) is 9.79 Å². The molecule has 196 valence electrons. The number of aromatic nitrogens is 3. The van der Waals surface area contributed by atoms with Gasteiger partial charge >= 0.3 is 0 Å². The van der Waals surface area contributed by atoms with E-state index in [1.807, 2.05) is 0 Å². The number of hydrogen-bond acceptors (Lipinski definition) is 9. The van der Waals surface area contributed by atoms with Crippen LogP contribution in [0.25, 0.3) is 12.2 Å². The molecule has 0 aliphatic carbocycles. The average molecular weight is 594 g/mol. The molecule has 1 aromatic heterocycles. The van der Waals surface area contributed by atoms with Crippen LogP contribution in [0, 0.1) is 0 Å². The number of nitrogens with zero attached hydrogens (tertiary/aromatic N) is 3. The first kappa shape index (κ1) is 27.4. The van der Waals surface area contributed by atoms with Crippen LogP contribution in [0.15, 0.2) is 76.5 Å². The standard InChI is InChI=1S/C23H17Cl2N5O6S2/c24-17-6-2-3-7-18(17)27-23-29-21(25)28-22(30-23)26-16-12-11-15(20(13-16)38(34,35)36)10-9-14-5-1-4-8-19(14)37(31,32)33/h1-13H,(H,31,32,33)(H,34,35,36)(H2,26,27,28,29,30). The first-order chi connectivity index (χ1) is 17.9. The van der Waals surface area contributed by atoms with Crippen molar-refractivity contribution >= 4 is 78.9 Å². The third kappa shape index (κ3) is 6.83. The monoisotopic (exact) mass is 593 g/mol. The van der Waals surface area contributed by atoms with Gasteiger partial charge in [0.05, 0.1) is 10.7 Å². The minimum absolute atomic E-state index is 0.0359. The van der Waals surface area contributed by atoms with Crippen molar-refractivity contribution in [1.82, 2.24) is 15.0 Å². The molecule has 0 atom stereocenters. The summed E-state index contributed by atoms with van der Waals surface area (Å²) in [5.74, 6) is 0.0267. The number of benzene rings is 3. The molecule has 4 rings (SSSR count). The number of nitrogens with one attached hydrogen (secondary N) is 2. The highest BCUT2D eigenvalue weighted by molar-refractivity contribution is 7.86. The van der Waals surface area contributed by atoms with Crippen LogP contribution < -0.4 is 10.6 Å². The molecule has 0 bridgehead atoms. The fraction of sp³-hybridized carbons (Fsp3) is 0. The Bertz CT molecular complexity index is 1770. The van der Waals surface area contributed by atoms with E-state index in [4.69, 9.17) is 23.2 Å². The van der Waals surface area contributed by atoms with E-state index in [0.717, 1.165) is 6.07 Å². The molecule has 0 saturated heterocycles. The van der Waals surface area contributed by atoms with Crippen molar-refractivity contribution in [2.24, 2.45) is 0 Å². The molecule has 38 heavy (non-hydrogen) atoms. The van der Waals surface area contributed by atoms with Crippen molar-refractivity contribution in [2.75, 3.05) is 10.6 Å². The lowest BCUT2D eigenvalue weighted by molar-refractivity contribution is 0.480. The molecule has 11 nitrogen and oxygen atoms in total. The van der Waals surface area contributed by atoms with E-state index in [1.54, 1.807) is 30.3 Å². The minimum atomic E-state index is -4.72. The maximum Gasteiger partial charge on any atom is 0.295 e. The van der Waals surface area contributed by atoms with E-state index in [1.165, 1.54) is 42.5 Å². The van der Waals surface area contributed by atoms with E-state index >= 15 is 0 Å². The van der Waals surface area contributed by atoms with Gasteiger partial charge in [0.2, 0.25) is 17.2 Å². The highest BCUT2D eigenvalue weighted by Gasteiger charge is 2.17. The summed E-state index contributed by atoms with van der Waals surface area (Å²) in [6, 6.07) is 16.4. The second kappa shape index (κ2) is 11.0. The van der Waals surface area contributed by atoms with Crippen LogP contribution in [-0.4, -0.2) is 40.9 Å². The van der Waals surface area contributed by atoms with E-state index < -0.39 is 25.1 Å². The van der Waals surface area contributed by atoms with Gasteiger partial charge in [0.15, 0.2) is 0 Å².